The average Bonchev–Trinajstić information content (AvgIpc) is 2.43. The van der Waals surface area contributed by atoms with E-state index < -0.39 is 5.97 Å². The van der Waals surface area contributed by atoms with Crippen molar-refractivity contribution in [3.8, 4) is 0 Å². The summed E-state index contributed by atoms with van der Waals surface area (Å²) in [6, 6.07) is 5.22. The Labute approximate surface area is 124 Å². The van der Waals surface area contributed by atoms with Crippen LogP contribution in [0.2, 0.25) is 0 Å². The molecule has 1 unspecified atom stereocenters. The number of carboxylic acids is 1. The third-order valence-corrected chi connectivity index (χ3v) is 4.03. The molecule has 0 aliphatic carbocycles. The smallest absolute Gasteiger partial charge is 0.335 e. The predicted octanol–water partition coefficient (Wildman–Crippen LogP) is 3.20. The van der Waals surface area contributed by atoms with E-state index in [4.69, 9.17) is 5.11 Å². The minimum atomic E-state index is -0.950. The first-order valence-electron chi connectivity index (χ1n) is 6.92. The first kappa shape index (κ1) is 15.2. The number of carboxylic acid groups (broad SMARTS) is 1. The van der Waals surface area contributed by atoms with Crippen LogP contribution in [-0.2, 0) is 0 Å². The maximum Gasteiger partial charge on any atom is 0.335 e. The first-order valence-corrected chi connectivity index (χ1v) is 6.92. The predicted molar refractivity (Wildman–Crippen MR) is 83.8 cm³/mol. The van der Waals surface area contributed by atoms with Crippen LogP contribution in [0.15, 0.2) is 24.5 Å². The molecule has 112 valence electrons. The summed E-state index contributed by atoms with van der Waals surface area (Å²) in [7, 11) is 2.00. The SMILES string of the molecule is CC(N(C)c1ncnc2cc(C(=O)O)ccc12)C(C)(C)C. The van der Waals surface area contributed by atoms with Crippen LogP contribution in [-0.4, -0.2) is 34.1 Å². The van der Waals surface area contributed by atoms with Crippen LogP contribution in [0.5, 0.6) is 0 Å². The summed E-state index contributed by atoms with van der Waals surface area (Å²) in [5, 5.41) is 9.93. The molecule has 5 nitrogen and oxygen atoms in total. The molecule has 2 rings (SSSR count). The number of hydrogen-bond donors (Lipinski definition) is 1. The summed E-state index contributed by atoms with van der Waals surface area (Å²) in [6.45, 7) is 8.69. The van der Waals surface area contributed by atoms with Gasteiger partial charge >= 0.3 is 5.97 Å². The number of aromatic carboxylic acids is 1. The highest BCUT2D eigenvalue weighted by Gasteiger charge is 2.25. The largest absolute Gasteiger partial charge is 0.478 e. The summed E-state index contributed by atoms with van der Waals surface area (Å²) >= 11 is 0. The molecule has 0 saturated heterocycles. The number of aromatic nitrogens is 2. The quantitative estimate of drug-likeness (QED) is 0.939. The maximum absolute atomic E-state index is 11.0. The molecule has 21 heavy (non-hydrogen) atoms. The van der Waals surface area contributed by atoms with Crippen LogP contribution >= 0.6 is 0 Å². The van der Waals surface area contributed by atoms with Crippen molar-refractivity contribution in [2.75, 3.05) is 11.9 Å². The normalized spacial score (nSPS) is 13.2. The molecule has 0 amide bonds. The number of hydrogen-bond acceptors (Lipinski definition) is 4. The van der Waals surface area contributed by atoms with Crippen LogP contribution in [0.25, 0.3) is 10.9 Å². The van der Waals surface area contributed by atoms with Crippen LogP contribution in [0.1, 0.15) is 38.1 Å². The van der Waals surface area contributed by atoms with Crippen molar-refractivity contribution in [1.29, 1.82) is 0 Å². The van der Waals surface area contributed by atoms with Gasteiger partial charge in [-0.3, -0.25) is 0 Å². The van der Waals surface area contributed by atoms with Gasteiger partial charge in [0.25, 0.3) is 0 Å². The lowest BCUT2D eigenvalue weighted by atomic mass is 9.87. The second kappa shape index (κ2) is 5.31. The van der Waals surface area contributed by atoms with Crippen molar-refractivity contribution in [2.45, 2.75) is 33.7 Å². The fourth-order valence-electron chi connectivity index (χ4n) is 2.22. The summed E-state index contributed by atoms with van der Waals surface area (Å²) < 4.78 is 0. The highest BCUT2D eigenvalue weighted by atomic mass is 16.4. The van der Waals surface area contributed by atoms with E-state index in [1.54, 1.807) is 18.2 Å². The van der Waals surface area contributed by atoms with Gasteiger partial charge in [-0.1, -0.05) is 20.8 Å². The lowest BCUT2D eigenvalue weighted by Gasteiger charge is -2.36. The van der Waals surface area contributed by atoms with Gasteiger partial charge in [-0.05, 0) is 30.5 Å². The Bertz CT molecular complexity index is 677. The highest BCUT2D eigenvalue weighted by Crippen LogP contribution is 2.30. The molecule has 0 fully saturated rings. The molecular formula is C16H21N3O2. The first-order chi connectivity index (χ1) is 9.71. The standard InChI is InChI=1S/C16H21N3O2/c1-10(16(2,3)4)19(5)14-12-7-6-11(15(20)21)8-13(12)17-9-18-14/h6-10H,1-5H3,(H,20,21). The Morgan fingerprint density at radius 3 is 2.52 bits per heavy atom. The minimum absolute atomic E-state index is 0.104. The number of carbonyl (C=O) groups is 1. The number of benzene rings is 1. The molecule has 1 atom stereocenters. The van der Waals surface area contributed by atoms with E-state index in [1.165, 1.54) is 6.33 Å². The van der Waals surface area contributed by atoms with Crippen LogP contribution < -0.4 is 4.90 Å². The zero-order valence-electron chi connectivity index (χ0n) is 13.1. The van der Waals surface area contributed by atoms with E-state index in [2.05, 4.69) is 42.6 Å². The molecule has 0 aliphatic rings. The van der Waals surface area contributed by atoms with Gasteiger partial charge in [0, 0.05) is 18.5 Å². The van der Waals surface area contributed by atoms with Gasteiger partial charge in [0.2, 0.25) is 0 Å². The van der Waals surface area contributed by atoms with Crippen molar-refractivity contribution in [3.05, 3.63) is 30.1 Å². The van der Waals surface area contributed by atoms with Gasteiger partial charge in [0.05, 0.1) is 11.1 Å². The van der Waals surface area contributed by atoms with E-state index in [9.17, 15) is 4.79 Å². The van der Waals surface area contributed by atoms with E-state index in [0.717, 1.165) is 11.2 Å². The number of fused-ring (bicyclic) bond motifs is 1. The summed E-state index contributed by atoms with van der Waals surface area (Å²) in [4.78, 5) is 21.7. The number of anilines is 1. The van der Waals surface area contributed by atoms with Gasteiger partial charge in [-0.25, -0.2) is 14.8 Å². The van der Waals surface area contributed by atoms with Crippen LogP contribution in [0, 0.1) is 5.41 Å². The van der Waals surface area contributed by atoms with Gasteiger partial charge in [0.15, 0.2) is 0 Å². The van der Waals surface area contributed by atoms with E-state index in [0.29, 0.717) is 5.52 Å². The van der Waals surface area contributed by atoms with E-state index in [1.807, 2.05) is 7.05 Å². The van der Waals surface area contributed by atoms with E-state index >= 15 is 0 Å². The van der Waals surface area contributed by atoms with Crippen LogP contribution in [0.4, 0.5) is 5.82 Å². The van der Waals surface area contributed by atoms with Gasteiger partial charge < -0.3 is 10.0 Å². The van der Waals surface area contributed by atoms with Crippen molar-refractivity contribution in [3.63, 3.8) is 0 Å². The lowest BCUT2D eigenvalue weighted by molar-refractivity contribution is 0.0697. The van der Waals surface area contributed by atoms with Gasteiger partial charge in [-0.2, -0.15) is 0 Å². The number of rotatable bonds is 3. The minimum Gasteiger partial charge on any atom is -0.478 e. The Kier molecular flexibility index (Phi) is 3.85. The fraction of sp³-hybridized carbons (Fsp3) is 0.438. The third kappa shape index (κ3) is 2.96. The Balaban J connectivity index is 2.53. The molecule has 1 heterocycles. The fourth-order valence-corrected chi connectivity index (χ4v) is 2.22. The van der Waals surface area contributed by atoms with Crippen molar-refractivity contribution >= 4 is 22.7 Å². The van der Waals surface area contributed by atoms with Crippen LogP contribution in [0.3, 0.4) is 0 Å². The molecular weight excluding hydrogens is 266 g/mol. The summed E-state index contributed by atoms with van der Waals surface area (Å²) in [5.41, 5.74) is 0.985. The van der Waals surface area contributed by atoms with Gasteiger partial charge in [-0.15, -0.1) is 0 Å². The Morgan fingerprint density at radius 1 is 1.29 bits per heavy atom. The Hall–Kier alpha value is -2.17. The molecule has 0 saturated carbocycles. The third-order valence-electron chi connectivity index (χ3n) is 4.03. The van der Waals surface area contributed by atoms with Crippen molar-refractivity contribution in [2.24, 2.45) is 5.41 Å². The average molecular weight is 287 g/mol. The van der Waals surface area contributed by atoms with Gasteiger partial charge in [0.1, 0.15) is 12.1 Å². The highest BCUT2D eigenvalue weighted by molar-refractivity contribution is 5.96. The second-order valence-corrected chi connectivity index (χ2v) is 6.39. The zero-order chi connectivity index (χ0) is 15.8. The molecule has 5 heteroatoms. The van der Waals surface area contributed by atoms with Crippen molar-refractivity contribution in [1.82, 2.24) is 9.97 Å². The Morgan fingerprint density at radius 2 is 1.95 bits per heavy atom. The summed E-state index contributed by atoms with van der Waals surface area (Å²) in [5.74, 6) is -0.132. The zero-order valence-corrected chi connectivity index (χ0v) is 13.1. The lowest BCUT2D eigenvalue weighted by Crippen LogP contribution is -2.39. The molecule has 0 aliphatic heterocycles. The molecule has 1 aromatic heterocycles. The molecule has 1 N–H and O–H groups in total. The summed E-state index contributed by atoms with van der Waals surface area (Å²) in [6.07, 6.45) is 1.48. The maximum atomic E-state index is 11.0. The topological polar surface area (TPSA) is 66.3 Å². The monoisotopic (exact) mass is 287 g/mol. The number of nitrogens with zero attached hydrogens (tertiary/aromatic N) is 3. The molecule has 0 bridgehead atoms. The molecule has 2 aromatic rings. The van der Waals surface area contributed by atoms with Crippen molar-refractivity contribution < 1.29 is 9.90 Å². The second-order valence-electron chi connectivity index (χ2n) is 6.39. The van der Waals surface area contributed by atoms with E-state index in [-0.39, 0.29) is 17.0 Å². The molecule has 1 aromatic carbocycles. The molecule has 0 spiro atoms. The molecule has 0 radical (unpaired) electrons.